The highest BCUT2D eigenvalue weighted by molar-refractivity contribution is 6.50. The molecule has 3 nitrogen and oxygen atoms in total. The molecule has 0 N–H and O–H groups in total. The van der Waals surface area contributed by atoms with Crippen molar-refractivity contribution in [2.75, 3.05) is 14.2 Å². The van der Waals surface area contributed by atoms with Gasteiger partial charge in [-0.25, -0.2) is 0 Å². The van der Waals surface area contributed by atoms with Crippen LogP contribution in [0.5, 0.6) is 5.75 Å². The van der Waals surface area contributed by atoms with Gasteiger partial charge in [-0.2, -0.15) is 0 Å². The molecule has 0 bridgehead atoms. The zero-order valence-electron chi connectivity index (χ0n) is 15.6. The lowest BCUT2D eigenvalue weighted by Gasteiger charge is -2.36. The highest BCUT2D eigenvalue weighted by atomic mass is 28.3. The predicted octanol–water partition coefficient (Wildman–Crippen LogP) is 4.94. The summed E-state index contributed by atoms with van der Waals surface area (Å²) in [5, 5.41) is 0. The Morgan fingerprint density at radius 1 is 1.00 bits per heavy atom. The summed E-state index contributed by atoms with van der Waals surface area (Å²) in [5.41, 5.74) is 1.36. The molecule has 1 saturated carbocycles. The SMILES string of the molecule is CC.CO[SiH](C)CCc1ccc(OC2(OC)CCCCC2)cc1. The fraction of sp³-hybridized carbons (Fsp3) is 0.684. The molecule has 0 saturated heterocycles. The van der Waals surface area contributed by atoms with Crippen molar-refractivity contribution in [2.45, 2.75) is 70.8 Å². The van der Waals surface area contributed by atoms with Crippen molar-refractivity contribution in [2.24, 2.45) is 0 Å². The lowest BCUT2D eigenvalue weighted by Crippen LogP contribution is -2.40. The molecule has 1 aromatic carbocycles. The number of benzene rings is 1. The van der Waals surface area contributed by atoms with Crippen LogP contribution in [-0.4, -0.2) is 29.0 Å². The van der Waals surface area contributed by atoms with E-state index in [-0.39, 0.29) is 0 Å². The summed E-state index contributed by atoms with van der Waals surface area (Å²) in [5.74, 6) is 0.511. The monoisotopic (exact) mass is 338 g/mol. The van der Waals surface area contributed by atoms with Crippen molar-refractivity contribution in [3.8, 4) is 5.75 Å². The summed E-state index contributed by atoms with van der Waals surface area (Å²) in [7, 11) is 2.62. The second kappa shape index (κ2) is 10.8. The molecular formula is C19H34O3Si. The van der Waals surface area contributed by atoms with Gasteiger partial charge in [-0.15, -0.1) is 0 Å². The number of hydrogen-bond donors (Lipinski definition) is 0. The van der Waals surface area contributed by atoms with E-state index in [0.717, 1.165) is 25.0 Å². The molecular weight excluding hydrogens is 304 g/mol. The van der Waals surface area contributed by atoms with E-state index < -0.39 is 14.8 Å². The van der Waals surface area contributed by atoms with Gasteiger partial charge in [-0.05, 0) is 49.5 Å². The van der Waals surface area contributed by atoms with Crippen LogP contribution in [0, 0.1) is 0 Å². The molecule has 23 heavy (non-hydrogen) atoms. The number of hydrogen-bond acceptors (Lipinski definition) is 3. The molecule has 1 atom stereocenters. The summed E-state index contributed by atoms with van der Waals surface area (Å²) in [6.45, 7) is 6.24. The van der Waals surface area contributed by atoms with Crippen molar-refractivity contribution in [3.05, 3.63) is 29.8 Å². The first kappa shape index (κ1) is 20.2. The van der Waals surface area contributed by atoms with Crippen LogP contribution in [-0.2, 0) is 15.6 Å². The second-order valence-electron chi connectivity index (χ2n) is 6.01. The summed E-state index contributed by atoms with van der Waals surface area (Å²) < 4.78 is 17.3. The van der Waals surface area contributed by atoms with E-state index in [9.17, 15) is 0 Å². The first-order valence-electron chi connectivity index (χ1n) is 9.03. The molecule has 0 spiro atoms. The molecule has 132 valence electrons. The molecule has 1 fully saturated rings. The van der Waals surface area contributed by atoms with Crippen molar-refractivity contribution in [1.82, 2.24) is 0 Å². The molecule has 4 heteroatoms. The third-order valence-electron chi connectivity index (χ3n) is 4.46. The largest absolute Gasteiger partial charge is 0.462 e. The van der Waals surface area contributed by atoms with Gasteiger partial charge in [-0.3, -0.25) is 0 Å². The Kier molecular flexibility index (Phi) is 9.52. The molecule has 0 heterocycles. The van der Waals surface area contributed by atoms with Gasteiger partial charge in [0.05, 0.1) is 0 Å². The van der Waals surface area contributed by atoms with Gasteiger partial charge in [0.15, 0.2) is 9.04 Å². The standard InChI is InChI=1S/C17H28O3Si.C2H6/c1-18-17(12-5-4-6-13-17)20-16-9-7-15(8-10-16)11-14-21(3)19-2;1-2/h7-10,21H,4-6,11-14H2,1-3H3;1-2H3. The van der Waals surface area contributed by atoms with E-state index in [1.54, 1.807) is 7.11 Å². The Morgan fingerprint density at radius 2 is 1.61 bits per heavy atom. The highest BCUT2D eigenvalue weighted by Crippen LogP contribution is 2.33. The van der Waals surface area contributed by atoms with Crippen LogP contribution in [0.2, 0.25) is 12.6 Å². The summed E-state index contributed by atoms with van der Waals surface area (Å²) >= 11 is 0. The maximum Gasteiger partial charge on any atom is 0.210 e. The van der Waals surface area contributed by atoms with E-state index in [1.807, 2.05) is 21.0 Å². The Labute approximate surface area is 144 Å². The summed E-state index contributed by atoms with van der Waals surface area (Å²) in [6.07, 6.45) is 6.73. The molecule has 2 rings (SSSR count). The third kappa shape index (κ3) is 6.65. The van der Waals surface area contributed by atoms with Crippen molar-refractivity contribution < 1.29 is 13.9 Å². The number of ether oxygens (including phenoxy) is 2. The lowest BCUT2D eigenvalue weighted by molar-refractivity contribution is -0.182. The molecule has 0 aromatic heterocycles. The van der Waals surface area contributed by atoms with Crippen molar-refractivity contribution in [3.63, 3.8) is 0 Å². The maximum atomic E-state index is 6.16. The van der Waals surface area contributed by atoms with E-state index in [2.05, 4.69) is 30.8 Å². The van der Waals surface area contributed by atoms with E-state index in [0.29, 0.717) is 0 Å². The first-order valence-corrected chi connectivity index (χ1v) is 11.5. The minimum Gasteiger partial charge on any atom is -0.462 e. The predicted molar refractivity (Wildman–Crippen MR) is 99.8 cm³/mol. The van der Waals surface area contributed by atoms with E-state index in [1.165, 1.54) is 30.9 Å². The van der Waals surface area contributed by atoms with Gasteiger partial charge >= 0.3 is 0 Å². The molecule has 1 aliphatic rings. The van der Waals surface area contributed by atoms with Gasteiger partial charge in [0, 0.05) is 27.1 Å². The molecule has 0 aliphatic heterocycles. The average molecular weight is 339 g/mol. The van der Waals surface area contributed by atoms with Crippen molar-refractivity contribution in [1.29, 1.82) is 0 Å². The van der Waals surface area contributed by atoms with Crippen LogP contribution in [0.15, 0.2) is 24.3 Å². The minimum atomic E-state index is -0.961. The molecule has 1 aliphatic carbocycles. The fourth-order valence-electron chi connectivity index (χ4n) is 2.87. The molecule has 0 radical (unpaired) electrons. The maximum absolute atomic E-state index is 6.16. The van der Waals surface area contributed by atoms with Gasteiger partial charge in [-0.1, -0.05) is 32.4 Å². The Morgan fingerprint density at radius 3 is 2.13 bits per heavy atom. The quantitative estimate of drug-likeness (QED) is 0.520. The fourth-order valence-corrected chi connectivity index (χ4v) is 3.84. The van der Waals surface area contributed by atoms with Gasteiger partial charge in [0.25, 0.3) is 0 Å². The second-order valence-corrected chi connectivity index (χ2v) is 8.68. The Bertz CT molecular complexity index is 413. The molecule has 0 amide bonds. The van der Waals surface area contributed by atoms with Gasteiger partial charge in [0.1, 0.15) is 5.75 Å². The van der Waals surface area contributed by atoms with E-state index >= 15 is 0 Å². The van der Waals surface area contributed by atoms with Gasteiger partial charge < -0.3 is 13.9 Å². The minimum absolute atomic E-state index is 0.406. The third-order valence-corrected chi connectivity index (χ3v) is 6.36. The smallest absolute Gasteiger partial charge is 0.210 e. The van der Waals surface area contributed by atoms with Gasteiger partial charge in [0.2, 0.25) is 5.79 Å². The molecule has 1 aromatic rings. The van der Waals surface area contributed by atoms with Crippen LogP contribution < -0.4 is 4.74 Å². The lowest BCUT2D eigenvalue weighted by atomic mass is 9.94. The number of aryl methyl sites for hydroxylation is 1. The number of rotatable bonds is 7. The van der Waals surface area contributed by atoms with Crippen LogP contribution in [0.25, 0.3) is 0 Å². The van der Waals surface area contributed by atoms with Crippen LogP contribution in [0.1, 0.15) is 51.5 Å². The Hall–Kier alpha value is -0.843. The summed E-state index contributed by atoms with van der Waals surface area (Å²) in [6, 6.07) is 9.66. The Balaban J connectivity index is 0.00000127. The van der Waals surface area contributed by atoms with Crippen LogP contribution >= 0.6 is 0 Å². The van der Waals surface area contributed by atoms with Crippen molar-refractivity contribution >= 4 is 9.04 Å². The zero-order chi connectivity index (χ0) is 17.1. The zero-order valence-corrected chi connectivity index (χ0v) is 16.7. The highest BCUT2D eigenvalue weighted by Gasteiger charge is 2.34. The normalized spacial score (nSPS) is 17.8. The van der Waals surface area contributed by atoms with Crippen LogP contribution in [0.4, 0.5) is 0 Å². The molecule has 1 unspecified atom stereocenters. The van der Waals surface area contributed by atoms with Crippen LogP contribution in [0.3, 0.4) is 0 Å². The topological polar surface area (TPSA) is 27.7 Å². The average Bonchev–Trinajstić information content (AvgIpc) is 2.63. The van der Waals surface area contributed by atoms with E-state index in [4.69, 9.17) is 13.9 Å². The summed E-state index contributed by atoms with van der Waals surface area (Å²) in [4.78, 5) is 0. The first-order chi connectivity index (χ1) is 11.2. The number of methoxy groups -OCH3 is 1.